The van der Waals surface area contributed by atoms with Crippen LogP contribution in [0, 0.1) is 11.3 Å². The molecule has 1 aromatic rings. The molecule has 0 bridgehead atoms. The van der Waals surface area contributed by atoms with Crippen molar-refractivity contribution in [3.63, 3.8) is 0 Å². The molecule has 1 aliphatic carbocycles. The first-order valence-corrected chi connectivity index (χ1v) is 9.90. The molecule has 1 saturated carbocycles. The molecule has 6 heteroatoms. The fourth-order valence-corrected chi connectivity index (χ4v) is 5.21. The van der Waals surface area contributed by atoms with Gasteiger partial charge in [-0.1, -0.05) is 25.0 Å². The van der Waals surface area contributed by atoms with E-state index in [0.717, 1.165) is 17.9 Å². The van der Waals surface area contributed by atoms with E-state index in [9.17, 15) is 14.7 Å². The van der Waals surface area contributed by atoms with E-state index < -0.39 is 11.4 Å². The lowest BCUT2D eigenvalue weighted by Gasteiger charge is -2.28. The number of amides is 1. The number of hydrogen-bond donors (Lipinski definition) is 1. The van der Waals surface area contributed by atoms with E-state index in [1.165, 1.54) is 25.7 Å². The standard InChI is InChI=1S/C21H28N2O4/c1-27-18-8-4-5-15(9-18)10-19(24)23-12-16-11-22(17-6-2-3-7-17)13-21(16,14-23)20(25)26/h4-5,8-9,16-17H,2-3,6-7,10-14H2,1H3,(H,25,26). The van der Waals surface area contributed by atoms with Crippen molar-refractivity contribution in [2.24, 2.45) is 11.3 Å². The molecule has 4 rings (SSSR count). The molecule has 2 heterocycles. The van der Waals surface area contributed by atoms with Crippen molar-refractivity contribution >= 4 is 11.9 Å². The number of methoxy groups -OCH3 is 1. The van der Waals surface area contributed by atoms with E-state index >= 15 is 0 Å². The molecule has 0 aromatic heterocycles. The lowest BCUT2D eigenvalue weighted by Crippen LogP contribution is -2.43. The molecule has 3 fully saturated rings. The molecule has 2 atom stereocenters. The summed E-state index contributed by atoms with van der Waals surface area (Å²) in [7, 11) is 1.61. The number of carbonyl (C=O) groups excluding carboxylic acids is 1. The van der Waals surface area contributed by atoms with Crippen molar-refractivity contribution in [1.29, 1.82) is 0 Å². The highest BCUT2D eigenvalue weighted by Crippen LogP contribution is 2.45. The SMILES string of the molecule is COc1cccc(CC(=O)N2CC3CN(C4CCCC4)CC3(C(=O)O)C2)c1. The molecule has 1 aromatic carbocycles. The van der Waals surface area contributed by atoms with E-state index in [1.807, 2.05) is 24.3 Å². The van der Waals surface area contributed by atoms with Crippen molar-refractivity contribution < 1.29 is 19.4 Å². The summed E-state index contributed by atoms with van der Waals surface area (Å²) in [6.07, 6.45) is 5.14. The molecule has 146 valence electrons. The second-order valence-corrected chi connectivity index (χ2v) is 8.33. The fourth-order valence-electron chi connectivity index (χ4n) is 5.21. The average Bonchev–Trinajstić information content (AvgIpc) is 3.35. The van der Waals surface area contributed by atoms with Crippen LogP contribution in [-0.2, 0) is 16.0 Å². The molecule has 0 spiro atoms. The van der Waals surface area contributed by atoms with Gasteiger partial charge in [0.1, 0.15) is 11.2 Å². The molecule has 0 radical (unpaired) electrons. The Balaban J connectivity index is 1.45. The van der Waals surface area contributed by atoms with Crippen LogP contribution in [0.25, 0.3) is 0 Å². The van der Waals surface area contributed by atoms with Gasteiger partial charge in [0, 0.05) is 38.1 Å². The molecular weight excluding hydrogens is 344 g/mol. The normalized spacial score (nSPS) is 28.5. The highest BCUT2D eigenvalue weighted by atomic mass is 16.5. The Bertz CT molecular complexity index is 731. The second-order valence-electron chi connectivity index (χ2n) is 8.33. The number of benzene rings is 1. The van der Waals surface area contributed by atoms with Gasteiger partial charge in [-0.05, 0) is 30.5 Å². The summed E-state index contributed by atoms with van der Waals surface area (Å²) < 4.78 is 5.22. The molecular formula is C21H28N2O4. The highest BCUT2D eigenvalue weighted by molar-refractivity contribution is 5.83. The predicted octanol–water partition coefficient (Wildman–Crippen LogP) is 2.03. The van der Waals surface area contributed by atoms with Crippen LogP contribution in [0.4, 0.5) is 0 Å². The summed E-state index contributed by atoms with van der Waals surface area (Å²) in [4.78, 5) is 29.2. The summed E-state index contributed by atoms with van der Waals surface area (Å²) in [5.74, 6) is 0.0213. The highest BCUT2D eigenvalue weighted by Gasteiger charge is 2.59. The van der Waals surface area contributed by atoms with Crippen LogP contribution in [0.15, 0.2) is 24.3 Å². The Morgan fingerprint density at radius 1 is 1.22 bits per heavy atom. The number of carboxylic acid groups (broad SMARTS) is 1. The van der Waals surface area contributed by atoms with Gasteiger partial charge >= 0.3 is 5.97 Å². The molecule has 1 amide bonds. The zero-order chi connectivity index (χ0) is 19.0. The van der Waals surface area contributed by atoms with Gasteiger partial charge in [-0.15, -0.1) is 0 Å². The Hall–Kier alpha value is -2.08. The maximum Gasteiger partial charge on any atom is 0.313 e. The van der Waals surface area contributed by atoms with E-state index in [-0.39, 0.29) is 18.2 Å². The molecule has 6 nitrogen and oxygen atoms in total. The van der Waals surface area contributed by atoms with Crippen LogP contribution < -0.4 is 4.74 Å². The number of rotatable bonds is 5. The van der Waals surface area contributed by atoms with Gasteiger partial charge in [0.2, 0.25) is 5.91 Å². The van der Waals surface area contributed by atoms with Gasteiger partial charge in [0.05, 0.1) is 13.5 Å². The van der Waals surface area contributed by atoms with Gasteiger partial charge in [-0.2, -0.15) is 0 Å². The van der Waals surface area contributed by atoms with Gasteiger partial charge in [-0.3, -0.25) is 14.5 Å². The topological polar surface area (TPSA) is 70.1 Å². The number of carboxylic acids is 1. The molecule has 2 unspecified atom stereocenters. The van der Waals surface area contributed by atoms with E-state index in [2.05, 4.69) is 4.90 Å². The van der Waals surface area contributed by atoms with Crippen molar-refractivity contribution in [3.8, 4) is 5.75 Å². The van der Waals surface area contributed by atoms with E-state index in [4.69, 9.17) is 4.74 Å². The lowest BCUT2D eigenvalue weighted by molar-refractivity contribution is -0.149. The van der Waals surface area contributed by atoms with Crippen LogP contribution in [-0.4, -0.2) is 66.1 Å². The minimum absolute atomic E-state index is 0.00527. The number of ether oxygens (including phenoxy) is 1. The zero-order valence-electron chi connectivity index (χ0n) is 15.9. The second kappa shape index (κ2) is 7.15. The van der Waals surface area contributed by atoms with E-state index in [0.29, 0.717) is 25.7 Å². The van der Waals surface area contributed by atoms with Crippen LogP contribution >= 0.6 is 0 Å². The molecule has 27 heavy (non-hydrogen) atoms. The van der Waals surface area contributed by atoms with Gasteiger partial charge < -0.3 is 14.7 Å². The van der Waals surface area contributed by atoms with E-state index in [1.54, 1.807) is 12.0 Å². The molecule has 2 aliphatic heterocycles. The maximum atomic E-state index is 12.8. The Labute approximate surface area is 160 Å². The number of hydrogen-bond acceptors (Lipinski definition) is 4. The van der Waals surface area contributed by atoms with Crippen LogP contribution in [0.5, 0.6) is 5.75 Å². The third kappa shape index (κ3) is 3.31. The Kier molecular flexibility index (Phi) is 4.84. The summed E-state index contributed by atoms with van der Waals surface area (Å²) >= 11 is 0. The number of aliphatic carboxylic acids is 1. The first-order chi connectivity index (χ1) is 13.0. The van der Waals surface area contributed by atoms with Crippen LogP contribution in [0.3, 0.4) is 0 Å². The first-order valence-electron chi connectivity index (χ1n) is 9.90. The zero-order valence-corrected chi connectivity index (χ0v) is 15.9. The number of likely N-dealkylation sites (tertiary alicyclic amines) is 2. The number of fused-ring (bicyclic) bond motifs is 1. The number of carbonyl (C=O) groups is 2. The molecule has 1 N–H and O–H groups in total. The maximum absolute atomic E-state index is 12.8. The third-order valence-corrected chi connectivity index (χ3v) is 6.74. The van der Waals surface area contributed by atoms with Crippen molar-refractivity contribution in [2.45, 2.75) is 38.1 Å². The largest absolute Gasteiger partial charge is 0.497 e. The minimum atomic E-state index is -0.799. The van der Waals surface area contributed by atoms with Gasteiger partial charge in [-0.25, -0.2) is 0 Å². The quantitative estimate of drug-likeness (QED) is 0.856. The van der Waals surface area contributed by atoms with Crippen molar-refractivity contribution in [2.75, 3.05) is 33.3 Å². The van der Waals surface area contributed by atoms with Crippen LogP contribution in [0.1, 0.15) is 31.2 Å². The molecule has 3 aliphatic rings. The van der Waals surface area contributed by atoms with Crippen molar-refractivity contribution in [3.05, 3.63) is 29.8 Å². The summed E-state index contributed by atoms with van der Waals surface area (Å²) in [5.41, 5.74) is 0.0977. The van der Waals surface area contributed by atoms with Gasteiger partial charge in [0.25, 0.3) is 0 Å². The predicted molar refractivity (Wildman–Crippen MR) is 101 cm³/mol. The average molecular weight is 372 g/mol. The Morgan fingerprint density at radius 3 is 2.67 bits per heavy atom. The summed E-state index contributed by atoms with van der Waals surface area (Å²) in [6.45, 7) is 2.28. The van der Waals surface area contributed by atoms with Crippen molar-refractivity contribution in [1.82, 2.24) is 9.80 Å². The minimum Gasteiger partial charge on any atom is -0.497 e. The Morgan fingerprint density at radius 2 is 2.00 bits per heavy atom. The lowest BCUT2D eigenvalue weighted by atomic mass is 9.81. The van der Waals surface area contributed by atoms with Crippen LogP contribution in [0.2, 0.25) is 0 Å². The number of nitrogens with zero attached hydrogens (tertiary/aromatic N) is 2. The van der Waals surface area contributed by atoms with Gasteiger partial charge in [0.15, 0.2) is 0 Å². The molecule has 2 saturated heterocycles. The fraction of sp³-hybridized carbons (Fsp3) is 0.619. The third-order valence-electron chi connectivity index (χ3n) is 6.74. The summed E-state index contributed by atoms with van der Waals surface area (Å²) in [6, 6.07) is 8.03. The first kappa shape index (κ1) is 18.3. The monoisotopic (exact) mass is 372 g/mol. The smallest absolute Gasteiger partial charge is 0.313 e. The summed E-state index contributed by atoms with van der Waals surface area (Å²) in [5, 5.41) is 10.0.